The van der Waals surface area contributed by atoms with Crippen LogP contribution in [0.1, 0.15) is 49.9 Å². The summed E-state index contributed by atoms with van der Waals surface area (Å²) in [4.78, 5) is 28.7. The molecule has 0 amide bonds. The summed E-state index contributed by atoms with van der Waals surface area (Å²) in [6.07, 6.45) is 5.99. The number of hydrogen-bond donors (Lipinski definition) is 0. The van der Waals surface area contributed by atoms with Crippen LogP contribution in [0.4, 0.5) is 0 Å². The van der Waals surface area contributed by atoms with Crippen LogP contribution in [0.25, 0.3) is 20.4 Å². The lowest BCUT2D eigenvalue weighted by molar-refractivity contribution is -0.606. The second-order valence-electron chi connectivity index (χ2n) is 13.5. The van der Waals surface area contributed by atoms with Crippen molar-refractivity contribution in [3.8, 4) is 24.2 Å². The fourth-order valence-electron chi connectivity index (χ4n) is 6.33. The van der Waals surface area contributed by atoms with Crippen molar-refractivity contribution in [3.05, 3.63) is 165 Å². The van der Waals surface area contributed by atoms with Crippen molar-refractivity contribution in [3.63, 3.8) is 0 Å². The lowest BCUT2D eigenvalue weighted by atomic mass is 10.1. The Morgan fingerprint density at radius 2 is 1.20 bits per heavy atom. The van der Waals surface area contributed by atoms with Crippen molar-refractivity contribution >= 4 is 43.1 Å². The van der Waals surface area contributed by atoms with Crippen LogP contribution in [0, 0.1) is 27.9 Å². The fraction of sp³-hybridized carbons (Fsp3) is 0.205. The zero-order valence-electron chi connectivity index (χ0n) is 32.1. The Kier molecular flexibility index (Phi) is 12.8. The van der Waals surface area contributed by atoms with E-state index in [9.17, 15) is 15.7 Å². The largest absolute Gasteiger partial charge is 0.619 e. The first-order chi connectivity index (χ1) is 29.5. The van der Waals surface area contributed by atoms with Gasteiger partial charge >= 0.3 is 12.0 Å². The molecular weight excluding hydrogens is 797 g/mol. The average molecular weight is 833 g/mol. The first-order valence-corrected chi connectivity index (χ1v) is 20.6. The van der Waals surface area contributed by atoms with Gasteiger partial charge in [-0.2, -0.15) is 25.2 Å². The van der Waals surface area contributed by atoms with E-state index >= 15 is 0 Å². The molecule has 0 aliphatic carbocycles. The molecule has 14 nitrogen and oxygen atoms in total. The molecule has 1 saturated heterocycles. The Labute approximate surface area is 353 Å². The number of para-hydroxylation sites is 2. The lowest BCUT2D eigenvalue weighted by Gasteiger charge is -2.26. The van der Waals surface area contributed by atoms with Gasteiger partial charge in [-0.1, -0.05) is 48.5 Å². The maximum Gasteiger partial charge on any atom is 0.316 e. The molecule has 298 valence electrons. The molecule has 1 aliphatic rings. The third-order valence-electron chi connectivity index (χ3n) is 9.38. The van der Waals surface area contributed by atoms with Crippen LogP contribution in [0.5, 0.6) is 12.0 Å². The van der Waals surface area contributed by atoms with Gasteiger partial charge in [-0.05, 0) is 53.6 Å². The number of morpholine rings is 1. The van der Waals surface area contributed by atoms with Gasteiger partial charge in [-0.3, -0.25) is 4.90 Å². The van der Waals surface area contributed by atoms with E-state index in [2.05, 4.69) is 71.2 Å². The lowest BCUT2D eigenvalue weighted by Crippen LogP contribution is -2.35. The first-order valence-electron chi connectivity index (χ1n) is 19.0. The first kappa shape index (κ1) is 39.9. The molecule has 9 rings (SSSR count). The Hall–Kier alpha value is -6.95. The second-order valence-corrected chi connectivity index (χ2v) is 15.7. The van der Waals surface area contributed by atoms with Crippen LogP contribution in [-0.4, -0.2) is 61.1 Å². The highest BCUT2D eigenvalue weighted by Crippen LogP contribution is 2.32. The fourth-order valence-corrected chi connectivity index (χ4v) is 8.38. The summed E-state index contributed by atoms with van der Waals surface area (Å²) in [6, 6.07) is 35.8. The van der Waals surface area contributed by atoms with Gasteiger partial charge in [0.05, 0.1) is 62.7 Å². The van der Waals surface area contributed by atoms with E-state index in [1.807, 2.05) is 48.5 Å². The highest BCUT2D eigenvalue weighted by molar-refractivity contribution is 7.19. The molecule has 1 aliphatic heterocycles. The van der Waals surface area contributed by atoms with Crippen molar-refractivity contribution in [2.75, 3.05) is 26.3 Å². The number of aromatic nitrogens is 7. The van der Waals surface area contributed by atoms with Crippen LogP contribution >= 0.6 is 22.7 Å². The Bertz CT molecular complexity index is 2710. The van der Waals surface area contributed by atoms with Gasteiger partial charge in [0.1, 0.15) is 35.1 Å². The predicted octanol–water partition coefficient (Wildman–Crippen LogP) is 7.11. The molecule has 16 heteroatoms. The Morgan fingerprint density at radius 3 is 1.73 bits per heavy atom. The number of nitrogens with zero attached hydrogens (tertiary/aromatic N) is 10. The Balaban J connectivity index is 0.000000170. The molecule has 5 aromatic heterocycles. The SMILES string of the molecule is N#CC(c1ccnc(OCc2ccc(CN3CCOCC3)cc2)n1)c1nc2ccccc2s1.N#CC(c1ccnc(OCc2ccc[n+]([O-])c2)n1)c1nc2ccccc2s1. The van der Waals surface area contributed by atoms with Gasteiger partial charge in [0.2, 0.25) is 0 Å². The summed E-state index contributed by atoms with van der Waals surface area (Å²) >= 11 is 2.98. The van der Waals surface area contributed by atoms with Gasteiger partial charge in [-0.25, -0.2) is 19.9 Å². The number of fused-ring (bicyclic) bond motifs is 2. The zero-order chi connectivity index (χ0) is 41.1. The molecule has 2 unspecified atom stereocenters. The summed E-state index contributed by atoms with van der Waals surface area (Å²) in [5.74, 6) is -1.17. The monoisotopic (exact) mass is 832 g/mol. The van der Waals surface area contributed by atoms with Crippen LogP contribution in [0.2, 0.25) is 0 Å². The molecule has 0 radical (unpaired) electrons. The minimum atomic E-state index is -0.603. The number of hydrogen-bond acceptors (Lipinski definition) is 15. The topological polar surface area (TPSA) is 183 Å². The van der Waals surface area contributed by atoms with E-state index in [0.29, 0.717) is 33.3 Å². The van der Waals surface area contributed by atoms with Crippen molar-refractivity contribution in [2.24, 2.45) is 0 Å². The molecule has 8 aromatic rings. The number of nitriles is 2. The summed E-state index contributed by atoms with van der Waals surface area (Å²) in [6.45, 7) is 4.99. The molecule has 2 atom stereocenters. The molecule has 0 bridgehead atoms. The number of benzene rings is 3. The van der Waals surface area contributed by atoms with Crippen LogP contribution in [-0.2, 0) is 24.5 Å². The standard InChI is InChI=1S/C25H23N5O2S.C19H13N5O2S/c26-15-20(24-28-22-3-1-2-4-23(22)33-24)21-9-10-27-25(29-21)32-17-19-7-5-18(6-8-19)16-30-11-13-31-14-12-30;20-10-14(18-22-16-5-1-2-6-17(16)27-18)15-7-8-21-19(23-15)26-12-13-4-3-9-24(25)11-13/h1-10,20H,11-14,16-17H2;1-9,11,14H,12H2. The zero-order valence-corrected chi connectivity index (χ0v) is 33.7. The summed E-state index contributed by atoms with van der Waals surface area (Å²) in [7, 11) is 0. The maximum atomic E-state index is 11.3. The van der Waals surface area contributed by atoms with E-state index in [1.54, 1.807) is 36.7 Å². The van der Waals surface area contributed by atoms with E-state index < -0.39 is 11.8 Å². The quantitative estimate of drug-likeness (QED) is 0.0898. The third kappa shape index (κ3) is 10.0. The summed E-state index contributed by atoms with van der Waals surface area (Å²) in [5.41, 5.74) is 5.86. The van der Waals surface area contributed by atoms with Crippen LogP contribution in [0.3, 0.4) is 0 Å². The average Bonchev–Trinajstić information content (AvgIpc) is 3.92. The minimum absolute atomic E-state index is 0.148. The Morgan fingerprint density at radius 1 is 0.667 bits per heavy atom. The molecule has 3 aromatic carbocycles. The molecule has 6 heterocycles. The normalized spacial score (nSPS) is 13.7. The number of ether oxygens (including phenoxy) is 3. The third-order valence-corrected chi connectivity index (χ3v) is 11.6. The molecule has 0 saturated carbocycles. The van der Waals surface area contributed by atoms with Gasteiger partial charge in [-0.15, -0.1) is 22.7 Å². The molecular formula is C44H36N10O4S2. The number of rotatable bonds is 12. The highest BCUT2D eigenvalue weighted by atomic mass is 32.1. The van der Waals surface area contributed by atoms with Crippen molar-refractivity contribution in [1.82, 2.24) is 34.8 Å². The number of pyridine rings is 1. The molecule has 0 spiro atoms. The van der Waals surface area contributed by atoms with Crippen molar-refractivity contribution < 1.29 is 18.9 Å². The summed E-state index contributed by atoms with van der Waals surface area (Å²) in [5, 5.41) is 32.2. The van der Waals surface area contributed by atoms with E-state index in [-0.39, 0.29) is 18.6 Å². The van der Waals surface area contributed by atoms with Gasteiger partial charge in [0.25, 0.3) is 0 Å². The summed E-state index contributed by atoms with van der Waals surface area (Å²) < 4.78 is 19.6. The van der Waals surface area contributed by atoms with Gasteiger partial charge < -0.3 is 19.4 Å². The van der Waals surface area contributed by atoms with E-state index in [4.69, 9.17) is 14.2 Å². The minimum Gasteiger partial charge on any atom is -0.619 e. The second kappa shape index (κ2) is 19.2. The van der Waals surface area contributed by atoms with Crippen LogP contribution < -0.4 is 14.2 Å². The van der Waals surface area contributed by atoms with E-state index in [1.165, 1.54) is 40.6 Å². The molecule has 60 heavy (non-hydrogen) atoms. The van der Waals surface area contributed by atoms with Crippen molar-refractivity contribution in [1.29, 1.82) is 10.5 Å². The van der Waals surface area contributed by atoms with Crippen molar-refractivity contribution in [2.45, 2.75) is 31.6 Å². The number of thiazole rings is 2. The molecule has 0 N–H and O–H groups in total. The predicted molar refractivity (Wildman–Crippen MR) is 225 cm³/mol. The molecule has 1 fully saturated rings. The highest BCUT2D eigenvalue weighted by Gasteiger charge is 2.22. The van der Waals surface area contributed by atoms with Gasteiger partial charge in [0, 0.05) is 38.1 Å². The smallest absolute Gasteiger partial charge is 0.316 e. The van der Waals surface area contributed by atoms with Gasteiger partial charge in [0.15, 0.2) is 12.4 Å². The maximum absolute atomic E-state index is 11.3. The van der Waals surface area contributed by atoms with Crippen LogP contribution in [0.15, 0.2) is 122 Å². The van der Waals surface area contributed by atoms with E-state index in [0.717, 1.165) is 63.9 Å².